The molecule has 1 N–H and O–H groups in total. The number of esters is 1. The Morgan fingerprint density at radius 1 is 0.917 bits per heavy atom. The zero-order valence-electron chi connectivity index (χ0n) is 21.3. The smallest absolute Gasteiger partial charge is 0.343 e. The molecule has 0 radical (unpaired) electrons. The van der Waals surface area contributed by atoms with Crippen molar-refractivity contribution in [2.45, 2.75) is 40.3 Å². The molecule has 0 spiro atoms. The summed E-state index contributed by atoms with van der Waals surface area (Å²) >= 11 is 0. The molecule has 1 unspecified atom stereocenters. The lowest BCUT2D eigenvalue weighted by atomic mass is 10.00. The van der Waals surface area contributed by atoms with Gasteiger partial charge >= 0.3 is 5.97 Å². The van der Waals surface area contributed by atoms with E-state index in [-0.39, 0.29) is 30.0 Å². The summed E-state index contributed by atoms with van der Waals surface area (Å²) in [5.74, 6) is -0.353. The fourth-order valence-electron chi connectivity index (χ4n) is 3.85. The molecular weight excluding hydrogens is 456 g/mol. The number of ether oxygens (including phenoxy) is 2. The number of hydrogen-bond donors (Lipinski definition) is 1. The summed E-state index contributed by atoms with van der Waals surface area (Å²) < 4.78 is 10.8. The van der Waals surface area contributed by atoms with Gasteiger partial charge in [0.25, 0.3) is 0 Å². The van der Waals surface area contributed by atoms with Crippen molar-refractivity contribution in [3.05, 3.63) is 89.5 Å². The van der Waals surface area contributed by atoms with Crippen molar-refractivity contribution in [2.75, 3.05) is 12.4 Å². The summed E-state index contributed by atoms with van der Waals surface area (Å²) in [6.45, 7) is 7.42. The maximum absolute atomic E-state index is 13.5. The monoisotopic (exact) mass is 488 g/mol. The van der Waals surface area contributed by atoms with Gasteiger partial charge in [-0.25, -0.2) is 4.79 Å². The van der Waals surface area contributed by atoms with Crippen LogP contribution in [-0.4, -0.2) is 35.8 Å². The molecule has 3 aromatic carbocycles. The topological polar surface area (TPSA) is 84.9 Å². The molecule has 0 aliphatic heterocycles. The number of hydrogen-bond acceptors (Lipinski definition) is 5. The Bertz CT molecular complexity index is 1200. The van der Waals surface area contributed by atoms with E-state index < -0.39 is 12.0 Å². The van der Waals surface area contributed by atoms with Crippen LogP contribution >= 0.6 is 0 Å². The molecule has 0 aliphatic rings. The highest BCUT2D eigenvalue weighted by atomic mass is 16.5. The number of aryl methyl sites for hydroxylation is 1. The van der Waals surface area contributed by atoms with Crippen LogP contribution in [0, 0.1) is 12.8 Å². The van der Waals surface area contributed by atoms with E-state index in [4.69, 9.17) is 9.47 Å². The van der Waals surface area contributed by atoms with Crippen LogP contribution in [0.25, 0.3) is 0 Å². The van der Waals surface area contributed by atoms with E-state index in [2.05, 4.69) is 5.32 Å². The molecule has 0 saturated carbocycles. The van der Waals surface area contributed by atoms with E-state index in [1.54, 1.807) is 48.4 Å². The lowest BCUT2D eigenvalue weighted by molar-refractivity contribution is -0.139. The first-order chi connectivity index (χ1) is 17.2. The average Bonchev–Trinajstić information content (AvgIpc) is 2.85. The van der Waals surface area contributed by atoms with Gasteiger partial charge in [0.2, 0.25) is 11.8 Å². The van der Waals surface area contributed by atoms with E-state index in [9.17, 15) is 14.4 Å². The van der Waals surface area contributed by atoms with Gasteiger partial charge in [-0.1, -0.05) is 55.8 Å². The number of amides is 2. The number of carbonyl (C=O) groups is 3. The van der Waals surface area contributed by atoms with Crippen molar-refractivity contribution in [3.63, 3.8) is 0 Å². The predicted molar refractivity (Wildman–Crippen MR) is 139 cm³/mol. The first-order valence-corrected chi connectivity index (χ1v) is 11.8. The molecule has 0 heterocycles. The number of nitrogens with zero attached hydrogens (tertiary/aromatic N) is 1. The van der Waals surface area contributed by atoms with Crippen LogP contribution in [-0.2, 0) is 16.1 Å². The summed E-state index contributed by atoms with van der Waals surface area (Å²) in [6.07, 6.45) is 0. The van der Waals surface area contributed by atoms with Crippen LogP contribution in [0.2, 0.25) is 0 Å². The largest absolute Gasteiger partial charge is 0.497 e. The third-order valence-corrected chi connectivity index (χ3v) is 5.79. The maximum Gasteiger partial charge on any atom is 0.343 e. The van der Waals surface area contributed by atoms with Gasteiger partial charge in [0.05, 0.1) is 18.4 Å². The SMILES string of the molecule is COc1ccc(CN(C(C)=O)C(C(=O)Nc2ccccc2OC(=O)c2ccc(C)cc2)C(C)C)cc1. The van der Waals surface area contributed by atoms with Gasteiger partial charge in [-0.2, -0.15) is 0 Å². The number of para-hydroxylation sites is 2. The van der Waals surface area contributed by atoms with Crippen molar-refractivity contribution in [1.82, 2.24) is 4.90 Å². The number of rotatable bonds is 9. The molecule has 0 saturated heterocycles. The lowest BCUT2D eigenvalue weighted by Gasteiger charge is -2.33. The molecule has 7 heteroatoms. The number of benzene rings is 3. The Balaban J connectivity index is 1.81. The van der Waals surface area contributed by atoms with Gasteiger partial charge in [-0.3, -0.25) is 9.59 Å². The fraction of sp³-hybridized carbons (Fsp3) is 0.276. The van der Waals surface area contributed by atoms with E-state index in [1.165, 1.54) is 6.92 Å². The van der Waals surface area contributed by atoms with E-state index in [1.807, 2.05) is 57.2 Å². The Kier molecular flexibility index (Phi) is 8.84. The molecule has 0 bridgehead atoms. The average molecular weight is 489 g/mol. The molecule has 36 heavy (non-hydrogen) atoms. The van der Waals surface area contributed by atoms with Crippen LogP contribution in [0.3, 0.4) is 0 Å². The third kappa shape index (κ3) is 6.72. The quantitative estimate of drug-likeness (QED) is 0.329. The Labute approximate surface area is 212 Å². The van der Waals surface area contributed by atoms with Crippen molar-refractivity contribution in [2.24, 2.45) is 5.92 Å². The summed E-state index contributed by atoms with van der Waals surface area (Å²) in [5, 5.41) is 2.87. The second-order valence-corrected chi connectivity index (χ2v) is 8.92. The van der Waals surface area contributed by atoms with Gasteiger partial charge in [0.15, 0.2) is 5.75 Å². The van der Waals surface area contributed by atoms with Crippen molar-refractivity contribution in [1.29, 1.82) is 0 Å². The van der Waals surface area contributed by atoms with Crippen molar-refractivity contribution in [3.8, 4) is 11.5 Å². The summed E-state index contributed by atoms with van der Waals surface area (Å²) in [7, 11) is 1.59. The number of anilines is 1. The van der Waals surface area contributed by atoms with Crippen LogP contribution < -0.4 is 14.8 Å². The zero-order chi connectivity index (χ0) is 26.2. The molecule has 1 atom stereocenters. The highest BCUT2D eigenvalue weighted by molar-refractivity contribution is 5.99. The molecule has 0 aromatic heterocycles. The highest BCUT2D eigenvalue weighted by Crippen LogP contribution is 2.27. The molecule has 7 nitrogen and oxygen atoms in total. The van der Waals surface area contributed by atoms with Crippen LogP contribution in [0.1, 0.15) is 42.3 Å². The van der Waals surface area contributed by atoms with E-state index in [0.29, 0.717) is 17.0 Å². The first kappa shape index (κ1) is 26.5. The molecule has 2 amide bonds. The second-order valence-electron chi connectivity index (χ2n) is 8.92. The third-order valence-electron chi connectivity index (χ3n) is 5.79. The van der Waals surface area contributed by atoms with E-state index >= 15 is 0 Å². The molecule has 3 rings (SSSR count). The van der Waals surface area contributed by atoms with Gasteiger partial charge in [-0.15, -0.1) is 0 Å². The van der Waals surface area contributed by atoms with E-state index in [0.717, 1.165) is 11.1 Å². The Morgan fingerprint density at radius 3 is 2.14 bits per heavy atom. The van der Waals surface area contributed by atoms with Crippen LogP contribution in [0.5, 0.6) is 11.5 Å². The minimum atomic E-state index is -0.745. The standard InChI is InChI=1S/C29H32N2O5/c1-19(2)27(31(21(4)32)18-22-12-16-24(35-5)17-13-22)28(33)30-25-8-6-7-9-26(25)36-29(34)23-14-10-20(3)11-15-23/h6-17,19,27H,18H2,1-5H3,(H,30,33). The minimum Gasteiger partial charge on any atom is -0.497 e. The maximum atomic E-state index is 13.5. The number of methoxy groups -OCH3 is 1. The molecule has 0 fully saturated rings. The van der Waals surface area contributed by atoms with Gasteiger partial charge < -0.3 is 19.7 Å². The van der Waals surface area contributed by atoms with Gasteiger partial charge in [0, 0.05) is 13.5 Å². The summed E-state index contributed by atoms with van der Waals surface area (Å²) in [6, 6.07) is 20.4. The number of nitrogens with one attached hydrogen (secondary N) is 1. The van der Waals surface area contributed by atoms with Crippen molar-refractivity contribution < 1.29 is 23.9 Å². The predicted octanol–water partition coefficient (Wildman–Crippen LogP) is 5.23. The van der Waals surface area contributed by atoms with Crippen molar-refractivity contribution >= 4 is 23.5 Å². The Morgan fingerprint density at radius 2 is 1.56 bits per heavy atom. The highest BCUT2D eigenvalue weighted by Gasteiger charge is 2.31. The summed E-state index contributed by atoms with van der Waals surface area (Å²) in [5.41, 5.74) is 2.66. The molecule has 0 aliphatic carbocycles. The normalized spacial score (nSPS) is 11.5. The number of carbonyl (C=O) groups excluding carboxylic acids is 3. The molecule has 3 aromatic rings. The second kappa shape index (κ2) is 12.0. The molecule has 188 valence electrons. The Hall–Kier alpha value is -4.13. The van der Waals surface area contributed by atoms with Gasteiger partial charge in [-0.05, 0) is 54.8 Å². The minimum absolute atomic E-state index is 0.172. The van der Waals surface area contributed by atoms with Gasteiger partial charge in [0.1, 0.15) is 11.8 Å². The van der Waals surface area contributed by atoms with Crippen LogP contribution in [0.15, 0.2) is 72.8 Å². The van der Waals surface area contributed by atoms with Crippen LogP contribution in [0.4, 0.5) is 5.69 Å². The summed E-state index contributed by atoms with van der Waals surface area (Å²) in [4.78, 5) is 40.3. The zero-order valence-corrected chi connectivity index (χ0v) is 21.3. The molecular formula is C29H32N2O5. The fourth-order valence-corrected chi connectivity index (χ4v) is 3.85. The lowest BCUT2D eigenvalue weighted by Crippen LogP contribution is -2.49. The first-order valence-electron chi connectivity index (χ1n) is 11.8.